The number of hydrogen-bond donors (Lipinski definition) is 0. The Balaban J connectivity index is 2.01. The molecule has 0 spiro atoms. The fourth-order valence-corrected chi connectivity index (χ4v) is 2.25. The summed E-state index contributed by atoms with van der Waals surface area (Å²) in [5.41, 5.74) is 2.25. The second kappa shape index (κ2) is 7.93. The largest absolute Gasteiger partial charge is 0.361 e. The summed E-state index contributed by atoms with van der Waals surface area (Å²) in [6, 6.07) is 6.18. The third kappa shape index (κ3) is 4.97. The van der Waals surface area contributed by atoms with Gasteiger partial charge in [-0.15, -0.1) is 0 Å². The number of nitrogens with zero attached hydrogens (tertiary/aromatic N) is 3. The molecule has 2 aromatic heterocycles. The van der Waals surface area contributed by atoms with Crippen molar-refractivity contribution in [2.24, 2.45) is 0 Å². The van der Waals surface area contributed by atoms with E-state index in [-0.39, 0.29) is 0 Å². The predicted octanol–water partition coefficient (Wildman–Crippen LogP) is 4.00. The maximum absolute atomic E-state index is 5.39. The number of hydrogen-bond acceptors (Lipinski definition) is 4. The molecule has 0 aliphatic carbocycles. The van der Waals surface area contributed by atoms with Crippen molar-refractivity contribution >= 4 is 0 Å². The van der Waals surface area contributed by atoms with E-state index in [1.54, 1.807) is 0 Å². The minimum Gasteiger partial charge on any atom is -0.361 e. The molecule has 0 N–H and O–H groups in total. The molecule has 21 heavy (non-hydrogen) atoms. The molecule has 2 rings (SSSR count). The van der Waals surface area contributed by atoms with Crippen molar-refractivity contribution < 1.29 is 4.52 Å². The van der Waals surface area contributed by atoms with Gasteiger partial charge in [0.1, 0.15) is 5.76 Å². The summed E-state index contributed by atoms with van der Waals surface area (Å²) in [4.78, 5) is 6.60. The molecule has 0 unspecified atom stereocenters. The fraction of sp³-hybridized carbons (Fsp3) is 0.529. The normalized spacial score (nSPS) is 11.5. The van der Waals surface area contributed by atoms with Gasteiger partial charge in [0, 0.05) is 37.5 Å². The highest BCUT2D eigenvalue weighted by atomic mass is 16.5. The van der Waals surface area contributed by atoms with Crippen LogP contribution in [0.5, 0.6) is 0 Å². The molecule has 0 saturated carbocycles. The number of rotatable bonds is 8. The first-order valence-corrected chi connectivity index (χ1v) is 7.75. The topological polar surface area (TPSA) is 42.2 Å². The van der Waals surface area contributed by atoms with Crippen LogP contribution in [0.3, 0.4) is 0 Å². The third-order valence-electron chi connectivity index (χ3n) is 3.49. The van der Waals surface area contributed by atoms with E-state index in [1.165, 1.54) is 18.4 Å². The third-order valence-corrected chi connectivity index (χ3v) is 3.49. The molecule has 0 fully saturated rings. The molecule has 0 radical (unpaired) electrons. The SMILES string of the molecule is CCCCN(Cc1cccnc1)Cc1cc(C(C)C)on1. The highest BCUT2D eigenvalue weighted by Gasteiger charge is 2.12. The summed E-state index contributed by atoms with van der Waals surface area (Å²) >= 11 is 0. The van der Waals surface area contributed by atoms with Crippen LogP contribution < -0.4 is 0 Å². The van der Waals surface area contributed by atoms with Crippen molar-refractivity contribution in [2.45, 2.75) is 52.6 Å². The second-order valence-electron chi connectivity index (χ2n) is 5.80. The van der Waals surface area contributed by atoms with E-state index in [4.69, 9.17) is 4.52 Å². The lowest BCUT2D eigenvalue weighted by atomic mass is 10.1. The summed E-state index contributed by atoms with van der Waals surface area (Å²) in [6.07, 6.45) is 6.13. The fourth-order valence-electron chi connectivity index (χ4n) is 2.25. The lowest BCUT2D eigenvalue weighted by molar-refractivity contribution is 0.243. The molecule has 4 heteroatoms. The Morgan fingerprint density at radius 1 is 1.29 bits per heavy atom. The quantitative estimate of drug-likeness (QED) is 0.736. The van der Waals surface area contributed by atoms with Gasteiger partial charge < -0.3 is 4.52 Å². The minimum absolute atomic E-state index is 0.383. The first-order valence-electron chi connectivity index (χ1n) is 7.75. The van der Waals surface area contributed by atoms with E-state index < -0.39 is 0 Å². The van der Waals surface area contributed by atoms with E-state index in [1.807, 2.05) is 18.5 Å². The highest BCUT2D eigenvalue weighted by Crippen LogP contribution is 2.17. The van der Waals surface area contributed by atoms with Crippen molar-refractivity contribution in [3.63, 3.8) is 0 Å². The molecular weight excluding hydrogens is 262 g/mol. The highest BCUT2D eigenvalue weighted by molar-refractivity contribution is 5.11. The van der Waals surface area contributed by atoms with Gasteiger partial charge in [0.25, 0.3) is 0 Å². The van der Waals surface area contributed by atoms with Crippen LogP contribution in [-0.2, 0) is 13.1 Å². The zero-order valence-electron chi connectivity index (χ0n) is 13.2. The Morgan fingerprint density at radius 2 is 2.14 bits per heavy atom. The summed E-state index contributed by atoms with van der Waals surface area (Å²) in [5.74, 6) is 1.34. The van der Waals surface area contributed by atoms with E-state index in [0.29, 0.717) is 5.92 Å². The molecule has 0 atom stereocenters. The van der Waals surface area contributed by atoms with Crippen LogP contribution in [-0.4, -0.2) is 21.6 Å². The Morgan fingerprint density at radius 3 is 2.76 bits per heavy atom. The van der Waals surface area contributed by atoms with Gasteiger partial charge in [0.05, 0.1) is 5.69 Å². The molecule has 0 amide bonds. The monoisotopic (exact) mass is 287 g/mol. The van der Waals surface area contributed by atoms with Crippen LogP contribution in [0, 0.1) is 0 Å². The van der Waals surface area contributed by atoms with Gasteiger partial charge in [-0.1, -0.05) is 38.4 Å². The molecule has 114 valence electrons. The smallest absolute Gasteiger partial charge is 0.139 e. The summed E-state index contributed by atoms with van der Waals surface area (Å²) in [6.45, 7) is 9.25. The first-order chi connectivity index (χ1) is 10.2. The molecular formula is C17H25N3O. The van der Waals surface area contributed by atoms with Gasteiger partial charge in [0.2, 0.25) is 0 Å². The number of pyridine rings is 1. The molecule has 0 aromatic carbocycles. The van der Waals surface area contributed by atoms with Crippen molar-refractivity contribution in [1.29, 1.82) is 0 Å². The Kier molecular flexibility index (Phi) is 5.93. The van der Waals surface area contributed by atoms with Crippen LogP contribution >= 0.6 is 0 Å². The van der Waals surface area contributed by atoms with Gasteiger partial charge in [-0.25, -0.2) is 0 Å². The van der Waals surface area contributed by atoms with Crippen LogP contribution in [0.25, 0.3) is 0 Å². The molecule has 0 saturated heterocycles. The van der Waals surface area contributed by atoms with Crippen molar-refractivity contribution in [2.75, 3.05) is 6.54 Å². The van der Waals surface area contributed by atoms with Crippen LogP contribution in [0.1, 0.15) is 56.5 Å². The standard InChI is InChI=1S/C17H25N3O/c1-4-5-9-20(12-15-7-6-8-18-11-15)13-16-10-17(14(2)3)21-19-16/h6-8,10-11,14H,4-5,9,12-13H2,1-3H3. The number of unbranched alkanes of at least 4 members (excludes halogenated alkanes) is 1. The van der Waals surface area contributed by atoms with Crippen LogP contribution in [0.2, 0.25) is 0 Å². The Hall–Kier alpha value is -1.68. The summed E-state index contributed by atoms with van der Waals surface area (Å²) < 4.78 is 5.39. The van der Waals surface area contributed by atoms with Gasteiger partial charge in [-0.2, -0.15) is 0 Å². The lowest BCUT2D eigenvalue weighted by Crippen LogP contribution is -2.24. The van der Waals surface area contributed by atoms with E-state index >= 15 is 0 Å². The molecule has 0 aliphatic rings. The first kappa shape index (κ1) is 15.7. The van der Waals surface area contributed by atoms with E-state index in [0.717, 1.165) is 31.1 Å². The van der Waals surface area contributed by atoms with Crippen molar-refractivity contribution in [3.8, 4) is 0 Å². The maximum Gasteiger partial charge on any atom is 0.139 e. The second-order valence-corrected chi connectivity index (χ2v) is 5.80. The zero-order valence-corrected chi connectivity index (χ0v) is 13.2. The Labute approximate surface area is 127 Å². The maximum atomic E-state index is 5.39. The average molecular weight is 287 g/mol. The van der Waals surface area contributed by atoms with Crippen molar-refractivity contribution in [1.82, 2.24) is 15.0 Å². The molecule has 0 aliphatic heterocycles. The zero-order chi connectivity index (χ0) is 15.1. The predicted molar refractivity (Wildman–Crippen MR) is 83.9 cm³/mol. The minimum atomic E-state index is 0.383. The molecule has 2 aromatic rings. The summed E-state index contributed by atoms with van der Waals surface area (Å²) in [5, 5.41) is 4.19. The van der Waals surface area contributed by atoms with Gasteiger partial charge in [-0.3, -0.25) is 9.88 Å². The average Bonchev–Trinajstić information content (AvgIpc) is 2.94. The van der Waals surface area contributed by atoms with E-state index in [9.17, 15) is 0 Å². The Bertz CT molecular complexity index is 522. The molecule has 0 bridgehead atoms. The summed E-state index contributed by atoms with van der Waals surface area (Å²) in [7, 11) is 0. The van der Waals surface area contributed by atoms with E-state index in [2.05, 4.69) is 47.9 Å². The molecule has 4 nitrogen and oxygen atoms in total. The van der Waals surface area contributed by atoms with Crippen LogP contribution in [0.4, 0.5) is 0 Å². The van der Waals surface area contributed by atoms with Crippen LogP contribution in [0.15, 0.2) is 35.1 Å². The van der Waals surface area contributed by atoms with Gasteiger partial charge in [0.15, 0.2) is 0 Å². The van der Waals surface area contributed by atoms with Gasteiger partial charge >= 0.3 is 0 Å². The van der Waals surface area contributed by atoms with Crippen molar-refractivity contribution in [3.05, 3.63) is 47.6 Å². The lowest BCUT2D eigenvalue weighted by Gasteiger charge is -2.20. The van der Waals surface area contributed by atoms with Gasteiger partial charge in [-0.05, 0) is 24.6 Å². The molecule has 2 heterocycles. The number of aromatic nitrogens is 2.